The third kappa shape index (κ3) is 4.47. The number of benzene rings is 1. The molecule has 0 radical (unpaired) electrons. The summed E-state index contributed by atoms with van der Waals surface area (Å²) < 4.78 is 13.0. The second-order valence-electron chi connectivity index (χ2n) is 11.2. The number of aromatic nitrogens is 2. The van der Waals surface area contributed by atoms with Crippen molar-refractivity contribution < 1.29 is 19.1 Å². The highest BCUT2D eigenvalue weighted by atomic mass is 16.6. The average molecular weight is 573 g/mol. The van der Waals surface area contributed by atoms with Gasteiger partial charge in [0, 0.05) is 36.0 Å². The number of likely N-dealkylation sites (N-methyl/N-ethyl adjacent to an activating group) is 1. The minimum absolute atomic E-state index is 0.0542. The fourth-order valence-corrected chi connectivity index (χ4v) is 6.22. The van der Waals surface area contributed by atoms with Crippen LogP contribution in [0.2, 0.25) is 0 Å². The Balaban J connectivity index is 1.46. The monoisotopic (exact) mass is 572 g/mol. The zero-order valence-corrected chi connectivity index (χ0v) is 24.3. The van der Waals surface area contributed by atoms with Crippen molar-refractivity contribution in [3.8, 4) is 11.4 Å². The van der Waals surface area contributed by atoms with Crippen LogP contribution in [-0.4, -0.2) is 58.9 Å². The summed E-state index contributed by atoms with van der Waals surface area (Å²) in [7, 11) is 1.75. The number of cyclic esters (lactones) is 1. The van der Waals surface area contributed by atoms with E-state index in [9.17, 15) is 14.4 Å². The summed E-state index contributed by atoms with van der Waals surface area (Å²) in [6.45, 7) is 4.86. The molecule has 11 nitrogen and oxygen atoms in total. The standard InChI is InChI=1S/C31H36N6O5/c1-4-6-7-11-24-33-21-9-8-10-22-26(21)28(35-24)18-15-37-23(27(18)34-22)14-20-19(29(37)39)17-41-30(40)31(20,5-2)42-25(38)16-36(3)13-12-32/h8-10,14H,4-7,11-13,15-17,32H2,1-3H3,(H,33,35)/t31-/m0/s1. The van der Waals surface area contributed by atoms with Gasteiger partial charge >= 0.3 is 11.9 Å². The van der Waals surface area contributed by atoms with Crippen LogP contribution in [0.3, 0.4) is 0 Å². The van der Waals surface area contributed by atoms with E-state index in [4.69, 9.17) is 25.2 Å². The molecule has 2 aromatic heterocycles. The van der Waals surface area contributed by atoms with Crippen LogP contribution in [-0.2, 0) is 37.8 Å². The lowest BCUT2D eigenvalue weighted by Crippen LogP contribution is -2.48. The Labute approximate surface area is 243 Å². The maximum Gasteiger partial charge on any atom is 0.355 e. The molecule has 6 rings (SSSR count). The number of fused-ring (bicyclic) bond motifs is 5. The largest absolute Gasteiger partial charge is 0.457 e. The quantitative estimate of drug-likeness (QED) is 0.216. The number of hydrogen-bond donors (Lipinski definition) is 2. The van der Waals surface area contributed by atoms with Gasteiger partial charge in [-0.1, -0.05) is 32.8 Å². The van der Waals surface area contributed by atoms with Crippen LogP contribution in [0.25, 0.3) is 22.3 Å². The maximum atomic E-state index is 14.0. The number of pyridine rings is 2. The molecule has 1 aromatic carbocycles. The maximum absolute atomic E-state index is 14.0. The predicted octanol–water partition coefficient (Wildman–Crippen LogP) is 3.56. The van der Waals surface area contributed by atoms with Crippen molar-refractivity contribution in [3.63, 3.8) is 0 Å². The highest BCUT2D eigenvalue weighted by Crippen LogP contribution is 2.46. The van der Waals surface area contributed by atoms with Crippen LogP contribution in [0.5, 0.6) is 0 Å². The summed E-state index contributed by atoms with van der Waals surface area (Å²) in [6.07, 6.45) is 4.20. The number of nitrogens with two attached hydrogens (primary N) is 1. The first kappa shape index (κ1) is 28.0. The van der Waals surface area contributed by atoms with Gasteiger partial charge in [0.05, 0.1) is 46.9 Å². The summed E-state index contributed by atoms with van der Waals surface area (Å²) >= 11 is 0. The minimum Gasteiger partial charge on any atom is -0.457 e. The van der Waals surface area contributed by atoms with E-state index in [2.05, 4.69) is 12.2 Å². The summed E-state index contributed by atoms with van der Waals surface area (Å²) in [5.41, 5.74) is 8.94. The topological polar surface area (TPSA) is 141 Å². The molecule has 11 heteroatoms. The molecule has 5 heterocycles. The van der Waals surface area contributed by atoms with E-state index in [0.717, 1.165) is 59.4 Å². The van der Waals surface area contributed by atoms with Gasteiger partial charge in [0.25, 0.3) is 5.56 Å². The Morgan fingerprint density at radius 3 is 2.83 bits per heavy atom. The Kier molecular flexibility index (Phi) is 7.32. The molecule has 0 bridgehead atoms. The molecule has 3 aliphatic rings. The Hall–Kier alpha value is -4.09. The third-order valence-corrected chi connectivity index (χ3v) is 8.40. The minimum atomic E-state index is -1.73. The van der Waals surface area contributed by atoms with Crippen molar-refractivity contribution >= 4 is 40.1 Å². The molecule has 220 valence electrons. The van der Waals surface area contributed by atoms with Gasteiger partial charge in [-0.2, -0.15) is 0 Å². The van der Waals surface area contributed by atoms with Gasteiger partial charge in [-0.3, -0.25) is 14.5 Å². The molecule has 0 fully saturated rings. The molecule has 42 heavy (non-hydrogen) atoms. The van der Waals surface area contributed by atoms with E-state index < -0.39 is 17.5 Å². The van der Waals surface area contributed by atoms with Crippen LogP contribution in [0.15, 0.2) is 34.1 Å². The number of carbonyl (C=O) groups is 2. The Morgan fingerprint density at radius 1 is 1.24 bits per heavy atom. The van der Waals surface area contributed by atoms with Gasteiger partial charge in [-0.25, -0.2) is 14.8 Å². The van der Waals surface area contributed by atoms with Crippen molar-refractivity contribution in [1.29, 1.82) is 0 Å². The van der Waals surface area contributed by atoms with Crippen LogP contribution in [0, 0.1) is 0 Å². The van der Waals surface area contributed by atoms with Crippen molar-refractivity contribution in [2.45, 2.75) is 64.7 Å². The Morgan fingerprint density at radius 2 is 2.07 bits per heavy atom. The van der Waals surface area contributed by atoms with Crippen molar-refractivity contribution in [2.75, 3.05) is 32.0 Å². The number of nitrogens with zero attached hydrogens (tertiary/aromatic N) is 4. The first-order chi connectivity index (χ1) is 20.3. The van der Waals surface area contributed by atoms with E-state index in [0.29, 0.717) is 42.1 Å². The van der Waals surface area contributed by atoms with Crippen molar-refractivity contribution in [1.82, 2.24) is 14.5 Å². The fourth-order valence-electron chi connectivity index (χ4n) is 6.22. The second kappa shape index (κ2) is 11.0. The van der Waals surface area contributed by atoms with Crippen LogP contribution in [0.1, 0.15) is 62.6 Å². The first-order valence-electron chi connectivity index (χ1n) is 14.7. The molecule has 3 N–H and O–H groups in total. The van der Waals surface area contributed by atoms with E-state index in [-0.39, 0.29) is 25.1 Å². The number of aliphatic imine (C=N–C) groups is 1. The molecule has 0 amide bonds. The zero-order chi connectivity index (χ0) is 29.6. The average Bonchev–Trinajstić information content (AvgIpc) is 3.34. The van der Waals surface area contributed by atoms with E-state index in [1.807, 2.05) is 18.2 Å². The number of carbonyl (C=O) groups excluding carboxylic acids is 2. The van der Waals surface area contributed by atoms with E-state index in [1.54, 1.807) is 29.5 Å². The smallest absolute Gasteiger partial charge is 0.355 e. The van der Waals surface area contributed by atoms with Gasteiger partial charge < -0.3 is 25.1 Å². The molecular weight excluding hydrogens is 536 g/mol. The number of hydrogen-bond acceptors (Lipinski definition) is 10. The van der Waals surface area contributed by atoms with Crippen molar-refractivity contribution in [2.24, 2.45) is 10.7 Å². The molecule has 3 aromatic rings. The predicted molar refractivity (Wildman–Crippen MR) is 160 cm³/mol. The molecule has 0 saturated carbocycles. The van der Waals surface area contributed by atoms with Gasteiger partial charge in [-0.15, -0.1) is 0 Å². The molecule has 0 aliphatic carbocycles. The van der Waals surface area contributed by atoms with E-state index in [1.165, 1.54) is 0 Å². The molecular formula is C31H36N6O5. The molecule has 0 saturated heterocycles. The number of nitrogens with one attached hydrogen (secondary N) is 1. The lowest BCUT2D eigenvalue weighted by molar-refractivity contribution is -0.189. The SMILES string of the molecule is CCCCCC1=Nc2cccc3nc4c(c(c23)N1)Cn1c-4cc2c(c1=O)COC(=O)[C@@]2(CC)OC(=O)CN(C)CCN. The Bertz CT molecular complexity index is 1700. The number of ether oxygens (including phenoxy) is 2. The zero-order valence-electron chi connectivity index (χ0n) is 24.3. The highest BCUT2D eigenvalue weighted by molar-refractivity contribution is 6.14. The number of unbranched alkanes of at least 4 members (excludes halogenated alkanes) is 2. The highest BCUT2D eigenvalue weighted by Gasteiger charge is 2.50. The molecule has 3 aliphatic heterocycles. The molecule has 0 unspecified atom stereocenters. The summed E-state index contributed by atoms with van der Waals surface area (Å²) in [6, 6.07) is 7.66. The van der Waals surface area contributed by atoms with Crippen LogP contribution in [0.4, 0.5) is 11.4 Å². The third-order valence-electron chi connectivity index (χ3n) is 8.40. The molecule has 1 atom stereocenters. The van der Waals surface area contributed by atoms with Gasteiger partial charge in [0.1, 0.15) is 12.4 Å². The molecule has 0 spiro atoms. The van der Waals surface area contributed by atoms with Gasteiger partial charge in [-0.05, 0) is 38.1 Å². The number of rotatable bonds is 10. The van der Waals surface area contributed by atoms with Crippen LogP contribution < -0.4 is 16.6 Å². The number of amidine groups is 1. The second-order valence-corrected chi connectivity index (χ2v) is 11.2. The van der Waals surface area contributed by atoms with Gasteiger partial charge in [0.2, 0.25) is 5.60 Å². The fraction of sp³-hybridized carbons (Fsp3) is 0.452. The summed E-state index contributed by atoms with van der Waals surface area (Å²) in [4.78, 5) is 51.9. The van der Waals surface area contributed by atoms with Gasteiger partial charge in [0.15, 0.2) is 0 Å². The number of anilines is 1. The first-order valence-corrected chi connectivity index (χ1v) is 14.7. The number of esters is 2. The summed E-state index contributed by atoms with van der Waals surface area (Å²) in [5.74, 6) is -0.385. The van der Waals surface area contributed by atoms with E-state index >= 15 is 0 Å². The lowest BCUT2D eigenvalue weighted by Gasteiger charge is -2.36. The lowest BCUT2D eigenvalue weighted by atomic mass is 9.85. The van der Waals surface area contributed by atoms with Crippen LogP contribution >= 0.6 is 0 Å². The summed E-state index contributed by atoms with van der Waals surface area (Å²) in [5, 5.41) is 4.50. The van der Waals surface area contributed by atoms with Crippen molar-refractivity contribution in [3.05, 3.63) is 51.3 Å². The normalized spacial score (nSPS) is 18.2.